The zero-order valence-corrected chi connectivity index (χ0v) is 13.1. The fourth-order valence-corrected chi connectivity index (χ4v) is 2.85. The highest BCUT2D eigenvalue weighted by molar-refractivity contribution is 7.16. The van der Waals surface area contributed by atoms with E-state index in [2.05, 4.69) is 15.3 Å². The second kappa shape index (κ2) is 5.34. The number of amides is 1. The summed E-state index contributed by atoms with van der Waals surface area (Å²) >= 11 is 1.14. The molecule has 0 fully saturated rings. The lowest BCUT2D eigenvalue weighted by molar-refractivity contribution is 0.101. The molecule has 0 radical (unpaired) electrons. The molecule has 6 nitrogen and oxygen atoms in total. The van der Waals surface area contributed by atoms with Crippen molar-refractivity contribution in [2.45, 2.75) is 20.8 Å². The molecule has 0 bridgehead atoms. The Hall–Kier alpha value is -2.54. The van der Waals surface area contributed by atoms with Crippen LogP contribution in [0.5, 0.6) is 0 Å². The summed E-state index contributed by atoms with van der Waals surface area (Å²) in [6.45, 7) is 5.12. The van der Waals surface area contributed by atoms with Gasteiger partial charge in [-0.05, 0) is 39.0 Å². The molecule has 0 saturated carbocycles. The highest BCUT2D eigenvalue weighted by Gasteiger charge is 2.15. The largest absolute Gasteiger partial charge is 0.443 e. The molecule has 0 aromatic carbocycles. The minimum absolute atomic E-state index is 0.0661. The van der Waals surface area contributed by atoms with Gasteiger partial charge in [-0.3, -0.25) is 14.9 Å². The molecule has 0 unspecified atom stereocenters. The van der Waals surface area contributed by atoms with E-state index in [1.807, 2.05) is 19.9 Å². The smallest absolute Gasteiger partial charge is 0.268 e. The molecule has 0 aliphatic carbocycles. The highest BCUT2D eigenvalue weighted by Crippen LogP contribution is 2.22. The van der Waals surface area contributed by atoms with Gasteiger partial charge in [-0.1, -0.05) is 0 Å². The van der Waals surface area contributed by atoms with Crippen LogP contribution in [0.1, 0.15) is 37.7 Å². The average molecular weight is 315 g/mol. The van der Waals surface area contributed by atoms with Crippen LogP contribution in [0.25, 0.3) is 11.1 Å². The Bertz CT molecular complexity index is 895. The van der Waals surface area contributed by atoms with Crippen LogP contribution in [0, 0.1) is 13.8 Å². The van der Waals surface area contributed by atoms with Gasteiger partial charge in [0.1, 0.15) is 5.76 Å². The second-order valence-electron chi connectivity index (χ2n) is 4.88. The van der Waals surface area contributed by atoms with Crippen molar-refractivity contribution in [1.82, 2.24) is 9.97 Å². The first-order valence-corrected chi connectivity index (χ1v) is 7.42. The molecule has 3 rings (SSSR count). The van der Waals surface area contributed by atoms with Crippen LogP contribution in [0.3, 0.4) is 0 Å². The molecule has 3 heterocycles. The van der Waals surface area contributed by atoms with Crippen molar-refractivity contribution in [3.05, 3.63) is 39.4 Å². The lowest BCUT2D eigenvalue weighted by atomic mass is 10.3. The van der Waals surface area contributed by atoms with E-state index in [1.165, 1.54) is 6.92 Å². The quantitative estimate of drug-likeness (QED) is 0.749. The number of thiophene rings is 1. The molecule has 0 saturated heterocycles. The lowest BCUT2D eigenvalue weighted by Crippen LogP contribution is -2.13. The Morgan fingerprint density at radius 2 is 1.91 bits per heavy atom. The van der Waals surface area contributed by atoms with E-state index in [4.69, 9.17) is 4.42 Å². The van der Waals surface area contributed by atoms with E-state index in [0.717, 1.165) is 28.2 Å². The molecule has 0 aliphatic heterocycles. The van der Waals surface area contributed by atoms with Gasteiger partial charge < -0.3 is 4.42 Å². The van der Waals surface area contributed by atoms with Gasteiger partial charge in [0.15, 0.2) is 5.78 Å². The number of nitrogens with zero attached hydrogens (tertiary/aromatic N) is 2. The number of aryl methyl sites for hydroxylation is 2. The predicted molar refractivity (Wildman–Crippen MR) is 83.6 cm³/mol. The molecule has 0 atom stereocenters. The minimum Gasteiger partial charge on any atom is -0.443 e. The number of carbonyl (C=O) groups is 2. The monoisotopic (exact) mass is 315 g/mol. The van der Waals surface area contributed by atoms with Crippen LogP contribution in [0.4, 0.5) is 5.95 Å². The van der Waals surface area contributed by atoms with Gasteiger partial charge in [0.2, 0.25) is 11.7 Å². The van der Waals surface area contributed by atoms with Gasteiger partial charge in [0.25, 0.3) is 5.91 Å². The van der Waals surface area contributed by atoms with Gasteiger partial charge in [0.05, 0.1) is 20.8 Å². The van der Waals surface area contributed by atoms with E-state index in [0.29, 0.717) is 15.5 Å². The first kappa shape index (κ1) is 14.4. The third-order valence-corrected chi connectivity index (χ3v) is 4.29. The molecule has 1 N–H and O–H groups in total. The number of hydrogen-bond acceptors (Lipinski definition) is 6. The molecule has 7 heteroatoms. The minimum atomic E-state index is -0.348. The van der Waals surface area contributed by atoms with Crippen molar-refractivity contribution >= 4 is 40.1 Å². The number of nitrogens with one attached hydrogen (secondary N) is 1. The van der Waals surface area contributed by atoms with Crippen molar-refractivity contribution < 1.29 is 14.0 Å². The Kier molecular flexibility index (Phi) is 3.50. The van der Waals surface area contributed by atoms with Gasteiger partial charge in [-0.25, -0.2) is 4.98 Å². The van der Waals surface area contributed by atoms with Gasteiger partial charge in [-0.2, -0.15) is 4.98 Å². The maximum absolute atomic E-state index is 12.2. The van der Waals surface area contributed by atoms with Crippen molar-refractivity contribution in [2.75, 3.05) is 5.32 Å². The summed E-state index contributed by atoms with van der Waals surface area (Å²) in [6, 6.07) is 5.10. The molecular formula is C15H13N3O3S. The van der Waals surface area contributed by atoms with Crippen LogP contribution in [0.2, 0.25) is 0 Å². The summed E-state index contributed by atoms with van der Waals surface area (Å²) in [7, 11) is 0. The van der Waals surface area contributed by atoms with E-state index in [9.17, 15) is 9.59 Å². The van der Waals surface area contributed by atoms with E-state index in [1.54, 1.807) is 12.1 Å². The van der Waals surface area contributed by atoms with E-state index < -0.39 is 0 Å². The number of rotatable bonds is 3. The van der Waals surface area contributed by atoms with Crippen LogP contribution < -0.4 is 5.32 Å². The van der Waals surface area contributed by atoms with Gasteiger partial charge in [-0.15, -0.1) is 11.3 Å². The van der Waals surface area contributed by atoms with Gasteiger partial charge in [0, 0.05) is 0 Å². The van der Waals surface area contributed by atoms with Crippen LogP contribution in [-0.2, 0) is 0 Å². The maximum atomic E-state index is 12.2. The summed E-state index contributed by atoms with van der Waals surface area (Å²) in [5.74, 6) is 0.505. The summed E-state index contributed by atoms with van der Waals surface area (Å²) < 4.78 is 5.47. The number of carbonyl (C=O) groups excluding carboxylic acids is 2. The molecule has 112 valence electrons. The van der Waals surface area contributed by atoms with Crippen molar-refractivity contribution in [3.8, 4) is 0 Å². The highest BCUT2D eigenvalue weighted by atomic mass is 32.1. The SMILES string of the molecule is CC(=O)c1ccc(C(=O)Nc2nc(C)c3cc(C)oc3n2)s1. The molecule has 0 aliphatic rings. The fourth-order valence-electron chi connectivity index (χ4n) is 2.05. The van der Waals surface area contributed by atoms with Crippen molar-refractivity contribution in [3.63, 3.8) is 0 Å². The number of ketones is 1. The molecule has 0 spiro atoms. The summed E-state index contributed by atoms with van der Waals surface area (Å²) in [4.78, 5) is 32.9. The van der Waals surface area contributed by atoms with E-state index >= 15 is 0 Å². The van der Waals surface area contributed by atoms with Crippen molar-refractivity contribution in [2.24, 2.45) is 0 Å². The number of Topliss-reactive ketones (excluding diaryl/α,β-unsaturated/α-hetero) is 1. The molecule has 22 heavy (non-hydrogen) atoms. The molecule has 3 aromatic heterocycles. The lowest BCUT2D eigenvalue weighted by Gasteiger charge is -2.03. The number of hydrogen-bond donors (Lipinski definition) is 1. The Balaban J connectivity index is 1.88. The Morgan fingerprint density at radius 3 is 2.59 bits per heavy atom. The van der Waals surface area contributed by atoms with Gasteiger partial charge >= 0.3 is 0 Å². The molecule has 3 aromatic rings. The normalized spacial score (nSPS) is 10.9. The summed E-state index contributed by atoms with van der Waals surface area (Å²) in [5.41, 5.74) is 1.17. The maximum Gasteiger partial charge on any atom is 0.268 e. The first-order chi connectivity index (χ1) is 10.4. The number of anilines is 1. The Labute approximate surface area is 130 Å². The van der Waals surface area contributed by atoms with Crippen LogP contribution in [0.15, 0.2) is 22.6 Å². The number of fused-ring (bicyclic) bond motifs is 1. The van der Waals surface area contributed by atoms with E-state index in [-0.39, 0.29) is 17.6 Å². The average Bonchev–Trinajstić information content (AvgIpc) is 3.04. The zero-order valence-electron chi connectivity index (χ0n) is 12.3. The van der Waals surface area contributed by atoms with Crippen LogP contribution in [-0.4, -0.2) is 21.7 Å². The number of aromatic nitrogens is 2. The zero-order chi connectivity index (χ0) is 15.9. The van der Waals surface area contributed by atoms with Crippen LogP contribution >= 0.6 is 11.3 Å². The summed E-state index contributed by atoms with van der Waals surface area (Å²) in [6.07, 6.45) is 0. The molecule has 1 amide bonds. The fraction of sp³-hybridized carbons (Fsp3) is 0.200. The standard InChI is InChI=1S/C15H13N3O3S/c1-7-6-10-8(2)16-15(18-14(10)21-7)17-13(20)12-5-4-11(22-12)9(3)19/h4-6H,1-3H3,(H,16,17,18,20). The van der Waals surface area contributed by atoms with Crippen molar-refractivity contribution in [1.29, 1.82) is 0 Å². The Morgan fingerprint density at radius 1 is 1.18 bits per heavy atom. The predicted octanol–water partition coefficient (Wildman–Crippen LogP) is 3.36. The molecular weight excluding hydrogens is 302 g/mol. The second-order valence-corrected chi connectivity index (χ2v) is 5.97. The third kappa shape index (κ3) is 2.62. The number of furan rings is 1. The first-order valence-electron chi connectivity index (χ1n) is 6.61. The summed E-state index contributed by atoms with van der Waals surface area (Å²) in [5, 5.41) is 3.46. The topological polar surface area (TPSA) is 85.1 Å². The third-order valence-electron chi connectivity index (χ3n) is 3.11.